The second kappa shape index (κ2) is 12.6. The largest absolute Gasteiger partial charge is 0.446 e. The Morgan fingerprint density at radius 3 is 2.20 bits per heavy atom. The number of nitrogens with zero attached hydrogens (tertiary/aromatic N) is 3. The van der Waals surface area contributed by atoms with Gasteiger partial charge in [-0.2, -0.15) is 4.98 Å². The molecule has 0 bridgehead atoms. The molecule has 1 aromatic carbocycles. The minimum atomic E-state index is -3.03. The van der Waals surface area contributed by atoms with Crippen molar-refractivity contribution in [3.8, 4) is 5.75 Å². The van der Waals surface area contributed by atoms with Gasteiger partial charge in [0, 0.05) is 12.2 Å². The van der Waals surface area contributed by atoms with Crippen molar-refractivity contribution in [2.75, 3.05) is 12.3 Å². The number of ether oxygens (including phenoxy) is 3. The smallest absolute Gasteiger partial charge is 0.358 e. The van der Waals surface area contributed by atoms with Crippen LogP contribution in [-0.4, -0.2) is 61.8 Å². The number of thiocarbonyl (C=S) groups is 1. The Morgan fingerprint density at radius 2 is 1.63 bits per heavy atom. The van der Waals surface area contributed by atoms with Crippen molar-refractivity contribution >= 4 is 40.5 Å². The first-order valence-corrected chi connectivity index (χ1v) is 18.5. The number of rotatable bonds is 7. The van der Waals surface area contributed by atoms with Crippen LogP contribution in [0.15, 0.2) is 41.5 Å². The molecule has 1 aromatic heterocycles. The first-order chi connectivity index (χ1) is 19.3. The molecule has 1 unspecified atom stereocenters. The summed E-state index contributed by atoms with van der Waals surface area (Å²) in [6, 6.07) is 9.07. The Labute approximate surface area is 249 Å². The van der Waals surface area contributed by atoms with E-state index in [1.54, 1.807) is 12.1 Å². The third-order valence-corrected chi connectivity index (χ3v) is 18.2. The minimum absolute atomic E-state index is 0.0732. The van der Waals surface area contributed by atoms with E-state index in [2.05, 4.69) is 65.4 Å². The van der Waals surface area contributed by atoms with Crippen LogP contribution in [0.3, 0.4) is 0 Å². The van der Waals surface area contributed by atoms with Gasteiger partial charge in [-0.1, -0.05) is 73.6 Å². The number of benzene rings is 1. The number of nitrogen functional groups attached to an aromatic ring is 1. The summed E-state index contributed by atoms with van der Waals surface area (Å²) in [6.07, 6.45) is -1.88. The van der Waals surface area contributed by atoms with Gasteiger partial charge in [0.05, 0.1) is 6.61 Å². The number of hydrogen-bond donors (Lipinski definition) is 1. The molecule has 4 atom stereocenters. The second-order valence-corrected chi connectivity index (χ2v) is 21.0. The summed E-state index contributed by atoms with van der Waals surface area (Å²) >= 11 is 5.51. The normalized spacial score (nSPS) is 25.7. The lowest BCUT2D eigenvalue weighted by Gasteiger charge is -2.51. The van der Waals surface area contributed by atoms with Gasteiger partial charge in [-0.3, -0.25) is 4.57 Å². The maximum Gasteiger partial charge on any atom is 0.358 e. The molecule has 2 aliphatic heterocycles. The summed E-state index contributed by atoms with van der Waals surface area (Å²) in [5.41, 5.74) is 5.51. The molecule has 41 heavy (non-hydrogen) atoms. The van der Waals surface area contributed by atoms with Gasteiger partial charge in [0.15, 0.2) is 12.3 Å². The van der Waals surface area contributed by atoms with Crippen LogP contribution < -0.4 is 16.2 Å². The van der Waals surface area contributed by atoms with Gasteiger partial charge < -0.3 is 32.9 Å². The van der Waals surface area contributed by atoms with Gasteiger partial charge in [-0.05, 0) is 34.3 Å². The zero-order valence-electron chi connectivity index (χ0n) is 25.0. The second-order valence-electron chi connectivity index (χ2n) is 11.8. The van der Waals surface area contributed by atoms with E-state index in [1.165, 1.54) is 10.9 Å². The monoisotopic (exact) mass is 622 g/mol. The number of nitrogens with two attached hydrogens (primary N) is 1. The third-order valence-electron chi connectivity index (χ3n) is 7.81. The van der Waals surface area contributed by atoms with E-state index < -0.39 is 47.4 Å². The third kappa shape index (κ3) is 6.28. The molecule has 2 aliphatic rings. The number of para-hydroxylation sites is 1. The van der Waals surface area contributed by atoms with E-state index in [0.717, 1.165) is 0 Å². The molecule has 2 saturated heterocycles. The highest BCUT2D eigenvalue weighted by atomic mass is 32.1. The van der Waals surface area contributed by atoms with Crippen molar-refractivity contribution in [3.63, 3.8) is 0 Å². The van der Waals surface area contributed by atoms with E-state index in [9.17, 15) is 4.79 Å². The average molecular weight is 623 g/mol. The molecule has 11 nitrogen and oxygen atoms in total. The van der Waals surface area contributed by atoms with Crippen molar-refractivity contribution in [1.82, 2.24) is 14.5 Å². The van der Waals surface area contributed by atoms with Crippen molar-refractivity contribution in [3.05, 3.63) is 47.1 Å². The molecule has 0 amide bonds. The molecule has 14 heteroatoms. The highest BCUT2D eigenvalue weighted by molar-refractivity contribution is 7.79. The Morgan fingerprint density at radius 1 is 1.02 bits per heavy atom. The van der Waals surface area contributed by atoms with Crippen LogP contribution >= 0.6 is 12.2 Å². The molecule has 3 heterocycles. The lowest BCUT2D eigenvalue weighted by atomic mass is 10.1. The van der Waals surface area contributed by atoms with Crippen molar-refractivity contribution in [2.45, 2.75) is 102 Å². The molecule has 2 N–H and O–H groups in total. The molecule has 4 rings (SSSR count). The van der Waals surface area contributed by atoms with E-state index >= 15 is 0 Å². The summed E-state index contributed by atoms with van der Waals surface area (Å²) in [7, 11) is -5.84. The number of hydrogen-bond acceptors (Lipinski definition) is 11. The number of fused-ring (bicyclic) bond motifs is 1. The van der Waals surface area contributed by atoms with Crippen LogP contribution in [0.1, 0.15) is 61.6 Å². The maximum atomic E-state index is 13.0. The summed E-state index contributed by atoms with van der Waals surface area (Å²) in [5.74, 6) is 0.375. The summed E-state index contributed by atoms with van der Waals surface area (Å²) in [4.78, 5) is 20.8. The highest BCUT2D eigenvalue weighted by Gasteiger charge is 2.62. The topological polar surface area (TPSA) is 129 Å². The Hall–Kier alpha value is -2.21. The molecular formula is C27H42N4O7SSi2. The average Bonchev–Trinajstić information content (AvgIpc) is 3.19. The molecule has 0 spiro atoms. The molecule has 226 valence electrons. The molecule has 2 fully saturated rings. The fourth-order valence-electron chi connectivity index (χ4n) is 5.72. The van der Waals surface area contributed by atoms with Crippen LogP contribution in [-0.2, 0) is 22.4 Å². The molecule has 0 saturated carbocycles. The predicted octanol–water partition coefficient (Wildman–Crippen LogP) is 4.82. The van der Waals surface area contributed by atoms with Crippen molar-refractivity contribution in [1.29, 1.82) is 0 Å². The summed E-state index contributed by atoms with van der Waals surface area (Å²) < 4.78 is 41.1. The molecule has 2 aromatic rings. The van der Waals surface area contributed by atoms with Crippen LogP contribution in [0, 0.1) is 0 Å². The molecule has 0 radical (unpaired) electrons. The quantitative estimate of drug-likeness (QED) is 0.337. The fourth-order valence-corrected chi connectivity index (χ4v) is 17.1. The molecule has 0 aliphatic carbocycles. The predicted molar refractivity (Wildman–Crippen MR) is 163 cm³/mol. The van der Waals surface area contributed by atoms with Crippen molar-refractivity contribution < 1.29 is 27.2 Å². The standard InChI is InChI=1S/C27H42N4O7SSi2/c1-16(2)40(17(3)4)33-14-21-22(37-41(38-40,18(5)6)19(7)8)23(36-27(39)34-20-12-10-9-11-13-20)24(35-21)31-15-29-25(28)30-26(31)32/h9-13,15-19,21-24H,14H2,1-8H3,(H2,28,30,32)/t21-,22?,23+,24-/m0/s1. The summed E-state index contributed by atoms with van der Waals surface area (Å²) in [5, 5.41) is -0.137. The fraction of sp³-hybridized carbons (Fsp3) is 0.630. The van der Waals surface area contributed by atoms with Gasteiger partial charge in [-0.25, -0.2) is 9.78 Å². The highest BCUT2D eigenvalue weighted by Crippen LogP contribution is 2.48. The van der Waals surface area contributed by atoms with Crippen LogP contribution in [0.4, 0.5) is 5.95 Å². The zero-order valence-corrected chi connectivity index (χ0v) is 27.8. The van der Waals surface area contributed by atoms with Crippen molar-refractivity contribution in [2.24, 2.45) is 0 Å². The number of anilines is 1. The van der Waals surface area contributed by atoms with Gasteiger partial charge in [0.2, 0.25) is 5.95 Å². The van der Waals surface area contributed by atoms with Crippen LogP contribution in [0.2, 0.25) is 22.2 Å². The van der Waals surface area contributed by atoms with Gasteiger partial charge in [0.1, 0.15) is 24.3 Å². The Kier molecular flexibility index (Phi) is 9.73. The van der Waals surface area contributed by atoms with E-state index in [4.69, 9.17) is 45.1 Å². The van der Waals surface area contributed by atoms with Crippen LogP contribution in [0.5, 0.6) is 5.75 Å². The van der Waals surface area contributed by atoms with Gasteiger partial charge in [-0.15, -0.1) is 0 Å². The van der Waals surface area contributed by atoms with Crippen LogP contribution in [0.25, 0.3) is 0 Å². The zero-order chi connectivity index (χ0) is 30.1. The van der Waals surface area contributed by atoms with E-state index in [1.807, 2.05) is 18.2 Å². The summed E-state index contributed by atoms with van der Waals surface area (Å²) in [6.45, 7) is 17.3. The molecular weight excluding hydrogens is 581 g/mol. The van der Waals surface area contributed by atoms with E-state index in [-0.39, 0.29) is 40.0 Å². The Balaban J connectivity index is 1.80. The first-order valence-electron chi connectivity index (χ1n) is 14.1. The SMILES string of the molecule is CC(C)[Si]1(C(C)C)OC[C@@H]2O[C@H](n3cnc(N)nc3=O)[C@H](OC(=S)Oc3ccccc3)C2O[Si](C(C)C)(C(C)C)O1. The lowest BCUT2D eigenvalue weighted by molar-refractivity contribution is -0.0602. The van der Waals surface area contributed by atoms with Gasteiger partial charge >= 0.3 is 28.0 Å². The minimum Gasteiger partial charge on any atom is -0.446 e. The van der Waals surface area contributed by atoms with Gasteiger partial charge in [0.25, 0.3) is 0 Å². The lowest BCUT2D eigenvalue weighted by Crippen LogP contribution is -2.66. The maximum absolute atomic E-state index is 13.0. The Bertz CT molecular complexity index is 1250. The number of aromatic nitrogens is 3. The first kappa shape index (κ1) is 31.7. The van der Waals surface area contributed by atoms with E-state index in [0.29, 0.717) is 5.75 Å².